The molecule has 1 aliphatic rings. The van der Waals surface area contributed by atoms with Crippen LogP contribution in [-0.4, -0.2) is 19.0 Å². The Kier molecular flexibility index (Phi) is 3.71. The standard InChI is InChI=1S/C16H16ClN3O/c17-12-5-6-13(18)14(9-12)19-16(21)10-20-8-7-11-3-1-2-4-15(11)20/h1-6,9H,7-8,10,18H2,(H,19,21). The molecule has 21 heavy (non-hydrogen) atoms. The van der Waals surface area contributed by atoms with E-state index in [9.17, 15) is 4.79 Å². The van der Waals surface area contributed by atoms with Crippen LogP contribution >= 0.6 is 11.6 Å². The molecule has 0 spiro atoms. The lowest BCUT2D eigenvalue weighted by Crippen LogP contribution is -2.32. The highest BCUT2D eigenvalue weighted by Gasteiger charge is 2.20. The van der Waals surface area contributed by atoms with Crippen LogP contribution in [0.25, 0.3) is 0 Å². The summed E-state index contributed by atoms with van der Waals surface area (Å²) in [4.78, 5) is 14.3. The number of hydrogen-bond acceptors (Lipinski definition) is 3. The van der Waals surface area contributed by atoms with Gasteiger partial charge in [-0.25, -0.2) is 0 Å². The maximum atomic E-state index is 12.2. The summed E-state index contributed by atoms with van der Waals surface area (Å²) in [6, 6.07) is 13.2. The Labute approximate surface area is 128 Å². The first-order chi connectivity index (χ1) is 10.1. The fourth-order valence-corrected chi connectivity index (χ4v) is 2.74. The molecule has 0 unspecified atom stereocenters. The second kappa shape index (κ2) is 5.66. The minimum absolute atomic E-state index is 0.0966. The number of para-hydroxylation sites is 1. The summed E-state index contributed by atoms with van der Waals surface area (Å²) in [5, 5.41) is 3.37. The molecular weight excluding hydrogens is 286 g/mol. The number of amides is 1. The van der Waals surface area contributed by atoms with Gasteiger partial charge < -0.3 is 16.0 Å². The third-order valence-electron chi connectivity index (χ3n) is 3.61. The van der Waals surface area contributed by atoms with Gasteiger partial charge in [0.15, 0.2) is 0 Å². The number of fused-ring (bicyclic) bond motifs is 1. The van der Waals surface area contributed by atoms with E-state index in [0.717, 1.165) is 18.7 Å². The summed E-state index contributed by atoms with van der Waals surface area (Å²) in [5.41, 5.74) is 9.32. The molecule has 2 aromatic rings. The molecule has 0 fully saturated rings. The lowest BCUT2D eigenvalue weighted by atomic mass is 10.2. The van der Waals surface area contributed by atoms with Crippen LogP contribution in [0.4, 0.5) is 17.1 Å². The Bertz CT molecular complexity index is 687. The molecule has 0 aliphatic carbocycles. The largest absolute Gasteiger partial charge is 0.397 e. The average Bonchev–Trinajstić information content (AvgIpc) is 2.86. The number of carbonyl (C=O) groups is 1. The predicted molar refractivity (Wildman–Crippen MR) is 86.9 cm³/mol. The Morgan fingerprint density at radius 3 is 2.95 bits per heavy atom. The molecule has 3 N–H and O–H groups in total. The SMILES string of the molecule is Nc1ccc(Cl)cc1NC(=O)CN1CCc2ccccc21. The third kappa shape index (κ3) is 2.95. The molecule has 108 valence electrons. The van der Waals surface area contributed by atoms with Crippen LogP contribution in [0.15, 0.2) is 42.5 Å². The van der Waals surface area contributed by atoms with Crippen molar-refractivity contribution in [2.75, 3.05) is 29.0 Å². The number of benzene rings is 2. The first kappa shape index (κ1) is 13.8. The summed E-state index contributed by atoms with van der Waals surface area (Å²) >= 11 is 5.92. The first-order valence-corrected chi connectivity index (χ1v) is 7.19. The van der Waals surface area contributed by atoms with Crippen LogP contribution < -0.4 is 16.0 Å². The second-order valence-corrected chi connectivity index (χ2v) is 5.52. The number of nitrogens with zero attached hydrogens (tertiary/aromatic N) is 1. The summed E-state index contributed by atoms with van der Waals surface area (Å²) in [6.45, 7) is 1.17. The van der Waals surface area contributed by atoms with E-state index in [-0.39, 0.29) is 5.91 Å². The minimum atomic E-state index is -0.0966. The molecule has 0 bridgehead atoms. The summed E-state index contributed by atoms with van der Waals surface area (Å²) in [7, 11) is 0. The molecule has 0 saturated heterocycles. The molecule has 3 rings (SSSR count). The highest BCUT2D eigenvalue weighted by molar-refractivity contribution is 6.31. The van der Waals surface area contributed by atoms with Gasteiger partial charge in [-0.15, -0.1) is 0 Å². The molecule has 0 saturated carbocycles. The molecule has 1 amide bonds. The smallest absolute Gasteiger partial charge is 0.243 e. The van der Waals surface area contributed by atoms with Crippen molar-refractivity contribution in [2.24, 2.45) is 0 Å². The number of carbonyl (C=O) groups excluding carboxylic acids is 1. The number of anilines is 3. The molecule has 0 aromatic heterocycles. The van der Waals surface area contributed by atoms with E-state index >= 15 is 0 Å². The van der Waals surface area contributed by atoms with E-state index < -0.39 is 0 Å². The van der Waals surface area contributed by atoms with Crippen molar-refractivity contribution in [1.29, 1.82) is 0 Å². The van der Waals surface area contributed by atoms with E-state index in [1.54, 1.807) is 18.2 Å². The van der Waals surface area contributed by atoms with Crippen molar-refractivity contribution < 1.29 is 4.79 Å². The van der Waals surface area contributed by atoms with E-state index in [0.29, 0.717) is 22.9 Å². The van der Waals surface area contributed by atoms with Crippen molar-refractivity contribution in [1.82, 2.24) is 0 Å². The van der Waals surface area contributed by atoms with Crippen LogP contribution in [0.2, 0.25) is 5.02 Å². The Hall–Kier alpha value is -2.20. The third-order valence-corrected chi connectivity index (χ3v) is 3.84. The van der Waals surface area contributed by atoms with Crippen molar-refractivity contribution >= 4 is 34.6 Å². The van der Waals surface area contributed by atoms with Crippen molar-refractivity contribution in [2.45, 2.75) is 6.42 Å². The van der Waals surface area contributed by atoms with E-state index in [4.69, 9.17) is 17.3 Å². The van der Waals surface area contributed by atoms with E-state index in [1.165, 1.54) is 5.56 Å². The van der Waals surface area contributed by atoms with E-state index in [1.807, 2.05) is 18.2 Å². The molecule has 0 atom stereocenters. The van der Waals surface area contributed by atoms with Crippen LogP contribution in [-0.2, 0) is 11.2 Å². The highest BCUT2D eigenvalue weighted by atomic mass is 35.5. The molecular formula is C16H16ClN3O. The zero-order valence-electron chi connectivity index (χ0n) is 11.5. The fraction of sp³-hybridized carbons (Fsp3) is 0.188. The zero-order valence-corrected chi connectivity index (χ0v) is 12.2. The van der Waals surface area contributed by atoms with Gasteiger partial charge in [0.25, 0.3) is 0 Å². The first-order valence-electron chi connectivity index (χ1n) is 6.81. The number of nitrogens with two attached hydrogens (primary N) is 1. The highest BCUT2D eigenvalue weighted by Crippen LogP contribution is 2.27. The molecule has 1 heterocycles. The molecule has 0 radical (unpaired) electrons. The van der Waals surface area contributed by atoms with Gasteiger partial charge >= 0.3 is 0 Å². The normalized spacial score (nSPS) is 13.1. The van der Waals surface area contributed by atoms with Gasteiger partial charge in [-0.2, -0.15) is 0 Å². The number of halogens is 1. The van der Waals surface area contributed by atoms with Gasteiger partial charge in [-0.3, -0.25) is 4.79 Å². The topological polar surface area (TPSA) is 58.4 Å². The predicted octanol–water partition coefficient (Wildman–Crippen LogP) is 2.92. The lowest BCUT2D eigenvalue weighted by molar-refractivity contribution is -0.114. The van der Waals surface area contributed by atoms with Gasteiger partial charge in [0.1, 0.15) is 0 Å². The number of nitrogen functional groups attached to an aromatic ring is 1. The van der Waals surface area contributed by atoms with Crippen LogP contribution in [0, 0.1) is 0 Å². The van der Waals surface area contributed by atoms with Crippen molar-refractivity contribution in [3.8, 4) is 0 Å². The Morgan fingerprint density at radius 2 is 2.10 bits per heavy atom. The van der Waals surface area contributed by atoms with Crippen molar-refractivity contribution in [3.63, 3.8) is 0 Å². The summed E-state index contributed by atoms with van der Waals surface area (Å²) in [6.07, 6.45) is 0.975. The molecule has 2 aromatic carbocycles. The summed E-state index contributed by atoms with van der Waals surface area (Å²) in [5.74, 6) is -0.0966. The van der Waals surface area contributed by atoms with Gasteiger partial charge in [0.2, 0.25) is 5.91 Å². The minimum Gasteiger partial charge on any atom is -0.397 e. The van der Waals surface area contributed by atoms with E-state index in [2.05, 4.69) is 16.3 Å². The Morgan fingerprint density at radius 1 is 1.29 bits per heavy atom. The number of hydrogen-bond donors (Lipinski definition) is 2. The van der Waals surface area contributed by atoms with Gasteiger partial charge in [0, 0.05) is 17.3 Å². The van der Waals surface area contributed by atoms with Crippen LogP contribution in [0.5, 0.6) is 0 Å². The lowest BCUT2D eigenvalue weighted by Gasteiger charge is -2.19. The zero-order chi connectivity index (χ0) is 14.8. The Balaban J connectivity index is 1.69. The second-order valence-electron chi connectivity index (χ2n) is 5.08. The van der Waals surface area contributed by atoms with Crippen LogP contribution in [0.1, 0.15) is 5.56 Å². The summed E-state index contributed by atoms with van der Waals surface area (Å²) < 4.78 is 0. The quantitative estimate of drug-likeness (QED) is 0.857. The maximum Gasteiger partial charge on any atom is 0.243 e. The van der Waals surface area contributed by atoms with Crippen LogP contribution in [0.3, 0.4) is 0 Å². The maximum absolute atomic E-state index is 12.2. The number of rotatable bonds is 3. The molecule has 1 aliphatic heterocycles. The van der Waals surface area contributed by atoms with Gasteiger partial charge in [0.05, 0.1) is 17.9 Å². The average molecular weight is 302 g/mol. The fourth-order valence-electron chi connectivity index (χ4n) is 2.57. The van der Waals surface area contributed by atoms with Gasteiger partial charge in [-0.1, -0.05) is 29.8 Å². The molecule has 5 heteroatoms. The monoisotopic (exact) mass is 301 g/mol. The number of nitrogens with one attached hydrogen (secondary N) is 1. The van der Waals surface area contributed by atoms with Crippen molar-refractivity contribution in [3.05, 3.63) is 53.1 Å². The molecule has 4 nitrogen and oxygen atoms in total. The van der Waals surface area contributed by atoms with Gasteiger partial charge in [-0.05, 0) is 36.2 Å².